The lowest BCUT2D eigenvalue weighted by atomic mass is 10.1. The van der Waals surface area contributed by atoms with Crippen molar-refractivity contribution in [2.24, 2.45) is 0 Å². The number of aryl methyl sites for hydroxylation is 1. The van der Waals surface area contributed by atoms with Gasteiger partial charge in [0.1, 0.15) is 18.2 Å². The lowest BCUT2D eigenvalue weighted by Crippen LogP contribution is -3.61. The number of esters is 1. The number of hydrogen-bond acceptors (Lipinski definition) is 4. The molecule has 7 heteroatoms. The number of ether oxygens (including phenoxy) is 2. The zero-order valence-corrected chi connectivity index (χ0v) is 24.1. The number of carbonyl (C=O) groups excluding carboxylic acids is 2. The third-order valence-corrected chi connectivity index (χ3v) is 8.28. The molecule has 1 N–H and O–H groups in total. The molecule has 1 amide bonds. The van der Waals surface area contributed by atoms with Gasteiger partial charge >= 0.3 is 33.3 Å². The highest BCUT2D eigenvalue weighted by Crippen LogP contribution is 2.15. The van der Waals surface area contributed by atoms with Crippen LogP contribution in [0.4, 0.5) is 4.79 Å². The number of nitrogens with one attached hydrogen (secondary N) is 1. The van der Waals surface area contributed by atoms with Crippen LogP contribution >= 0.6 is 15.9 Å². The minimum atomic E-state index is -0.876. The van der Waals surface area contributed by atoms with Crippen molar-refractivity contribution in [3.63, 3.8) is 0 Å². The Labute approximate surface area is 226 Å². The van der Waals surface area contributed by atoms with E-state index in [0.29, 0.717) is 6.42 Å². The fourth-order valence-corrected chi connectivity index (χ4v) is 6.60. The van der Waals surface area contributed by atoms with Gasteiger partial charge in [0.15, 0.2) is 7.14 Å². The third-order valence-electron chi connectivity index (χ3n) is 4.86. The Morgan fingerprint density at radius 3 is 2.34 bits per heavy atom. The van der Waals surface area contributed by atoms with E-state index in [1.807, 2.05) is 63.2 Å². The van der Waals surface area contributed by atoms with Crippen molar-refractivity contribution in [3.05, 3.63) is 101 Å². The van der Waals surface area contributed by atoms with E-state index in [0.717, 1.165) is 15.6 Å². The van der Waals surface area contributed by atoms with Crippen LogP contribution in [-0.4, -0.2) is 23.7 Å². The molecule has 0 aliphatic heterocycles. The lowest BCUT2D eigenvalue weighted by Gasteiger charge is -2.24. The van der Waals surface area contributed by atoms with E-state index in [1.165, 1.54) is 12.7 Å². The molecule has 35 heavy (non-hydrogen) atoms. The molecule has 1 unspecified atom stereocenters. The van der Waals surface area contributed by atoms with Gasteiger partial charge in [-0.05, 0) is 51.5 Å². The molecule has 184 valence electrons. The van der Waals surface area contributed by atoms with E-state index < -0.39 is 44.9 Å². The highest BCUT2D eigenvalue weighted by Gasteiger charge is 2.30. The molecule has 0 saturated carbocycles. The van der Waals surface area contributed by atoms with Gasteiger partial charge in [-0.3, -0.25) is 0 Å². The SMILES string of the molecule is Cc1ccc([I+]c2cc(Br)ccc2CC(NC(=O)OCc2ccccc2)C(=O)OC(C)(C)C)cc1. The Morgan fingerprint density at radius 1 is 1.00 bits per heavy atom. The summed E-state index contributed by atoms with van der Waals surface area (Å²) in [5, 5.41) is 2.74. The summed E-state index contributed by atoms with van der Waals surface area (Å²) in [6.07, 6.45) is -0.347. The highest BCUT2D eigenvalue weighted by molar-refractivity contribution is 9.10. The lowest BCUT2D eigenvalue weighted by molar-refractivity contribution is -0.598. The molecular weight excluding hydrogens is 621 g/mol. The molecule has 0 saturated heterocycles. The number of alkyl carbamates (subject to hydrolysis) is 1. The predicted octanol–water partition coefficient (Wildman–Crippen LogP) is 3.07. The molecule has 0 spiro atoms. The Kier molecular flexibility index (Phi) is 9.74. The maximum absolute atomic E-state index is 13.1. The molecule has 0 aromatic heterocycles. The summed E-state index contributed by atoms with van der Waals surface area (Å²) in [5.41, 5.74) is 2.41. The largest absolute Gasteiger partial charge is 0.458 e. The van der Waals surface area contributed by atoms with E-state index in [-0.39, 0.29) is 6.61 Å². The second kappa shape index (κ2) is 12.5. The molecule has 0 fully saturated rings. The number of benzene rings is 3. The van der Waals surface area contributed by atoms with Crippen LogP contribution in [-0.2, 0) is 27.3 Å². The van der Waals surface area contributed by atoms with Gasteiger partial charge in [-0.1, -0.05) is 70.0 Å². The van der Waals surface area contributed by atoms with Crippen molar-refractivity contribution in [3.8, 4) is 0 Å². The second-order valence-corrected chi connectivity index (χ2v) is 13.0. The van der Waals surface area contributed by atoms with Crippen molar-refractivity contribution >= 4 is 28.0 Å². The quantitative estimate of drug-likeness (QED) is 0.301. The Bertz CT molecular complexity index is 1140. The maximum atomic E-state index is 13.1. The topological polar surface area (TPSA) is 64.6 Å². The van der Waals surface area contributed by atoms with Crippen molar-refractivity contribution in [1.29, 1.82) is 0 Å². The molecular formula is C28H30BrINO4+. The van der Waals surface area contributed by atoms with Crippen LogP contribution in [0.2, 0.25) is 0 Å². The van der Waals surface area contributed by atoms with Gasteiger partial charge < -0.3 is 14.8 Å². The van der Waals surface area contributed by atoms with Gasteiger partial charge in [-0.2, -0.15) is 0 Å². The average molecular weight is 651 g/mol. The molecule has 0 aliphatic rings. The average Bonchev–Trinajstić information content (AvgIpc) is 2.80. The normalized spacial score (nSPS) is 12.0. The molecule has 5 nitrogen and oxygen atoms in total. The fourth-order valence-electron chi connectivity index (χ4n) is 3.18. The van der Waals surface area contributed by atoms with Crippen LogP contribution in [0, 0.1) is 14.1 Å². The molecule has 0 aliphatic carbocycles. The van der Waals surface area contributed by atoms with Crippen molar-refractivity contribution in [2.75, 3.05) is 0 Å². The molecule has 0 heterocycles. The van der Waals surface area contributed by atoms with E-state index in [4.69, 9.17) is 9.47 Å². The molecule has 0 bridgehead atoms. The monoisotopic (exact) mass is 650 g/mol. The Hall–Kier alpha value is -2.39. The molecule has 3 aromatic carbocycles. The van der Waals surface area contributed by atoms with Crippen molar-refractivity contribution in [2.45, 2.75) is 52.4 Å². The van der Waals surface area contributed by atoms with Crippen LogP contribution in [0.5, 0.6) is 0 Å². The Morgan fingerprint density at radius 2 is 1.69 bits per heavy atom. The smallest absolute Gasteiger partial charge is 0.408 e. The van der Waals surface area contributed by atoms with Crippen LogP contribution in [0.15, 0.2) is 77.3 Å². The summed E-state index contributed by atoms with van der Waals surface area (Å²) in [6.45, 7) is 7.62. The standard InChI is InChI=1S/C28H29BrINO4/c1-19-10-14-23(15-11-19)30-24-17-22(29)13-12-21(24)16-25(26(32)35-28(2,3)4)31-27(33)34-18-20-8-6-5-7-9-20/h5-15,17,25H,16,18H2,1-4H3/p+1. The zero-order chi connectivity index (χ0) is 25.4. The Balaban J connectivity index is 1.79. The van der Waals surface area contributed by atoms with Gasteiger partial charge in [0, 0.05) is 22.5 Å². The minimum absolute atomic E-state index is 0.121. The van der Waals surface area contributed by atoms with Crippen LogP contribution in [0.25, 0.3) is 0 Å². The minimum Gasteiger partial charge on any atom is -0.458 e. The van der Waals surface area contributed by atoms with Gasteiger partial charge in [0.05, 0.1) is 0 Å². The van der Waals surface area contributed by atoms with Crippen LogP contribution in [0.1, 0.15) is 37.5 Å². The molecule has 3 aromatic rings. The molecule has 3 rings (SSSR count). The summed E-state index contributed by atoms with van der Waals surface area (Å²) >= 11 is 3.09. The fraction of sp³-hybridized carbons (Fsp3) is 0.286. The molecule has 1 atom stereocenters. The van der Waals surface area contributed by atoms with E-state index in [1.54, 1.807) is 0 Å². The number of hydrogen-bond donors (Lipinski definition) is 1. The first-order chi connectivity index (χ1) is 16.6. The van der Waals surface area contributed by atoms with Gasteiger partial charge in [0.25, 0.3) is 0 Å². The van der Waals surface area contributed by atoms with E-state index >= 15 is 0 Å². The van der Waals surface area contributed by atoms with Crippen LogP contribution < -0.4 is 26.5 Å². The van der Waals surface area contributed by atoms with Crippen molar-refractivity contribution < 1.29 is 40.3 Å². The van der Waals surface area contributed by atoms with Gasteiger partial charge in [-0.25, -0.2) is 9.59 Å². The van der Waals surface area contributed by atoms with Crippen molar-refractivity contribution in [1.82, 2.24) is 5.32 Å². The third kappa shape index (κ3) is 9.29. The van der Waals surface area contributed by atoms with Gasteiger partial charge in [0.2, 0.25) is 0 Å². The first-order valence-corrected chi connectivity index (χ1v) is 14.2. The number of rotatable bonds is 8. The predicted molar refractivity (Wildman–Crippen MR) is 136 cm³/mol. The summed E-state index contributed by atoms with van der Waals surface area (Å²) in [6, 6.07) is 23.1. The summed E-state index contributed by atoms with van der Waals surface area (Å²) in [7, 11) is 0. The number of halogens is 2. The first kappa shape index (κ1) is 27.2. The van der Waals surface area contributed by atoms with E-state index in [9.17, 15) is 9.59 Å². The molecule has 0 radical (unpaired) electrons. The second-order valence-electron chi connectivity index (χ2n) is 9.12. The first-order valence-electron chi connectivity index (χ1n) is 11.3. The maximum Gasteiger partial charge on any atom is 0.408 e. The number of amides is 1. The summed E-state index contributed by atoms with van der Waals surface area (Å²) in [5.74, 6) is -0.489. The van der Waals surface area contributed by atoms with E-state index in [2.05, 4.69) is 58.5 Å². The highest BCUT2D eigenvalue weighted by atomic mass is 127. The zero-order valence-electron chi connectivity index (χ0n) is 20.3. The number of carbonyl (C=O) groups is 2. The summed E-state index contributed by atoms with van der Waals surface area (Å²) < 4.78 is 14.4. The van der Waals surface area contributed by atoms with Crippen LogP contribution in [0.3, 0.4) is 0 Å². The summed E-state index contributed by atoms with van der Waals surface area (Å²) in [4.78, 5) is 25.7. The van der Waals surface area contributed by atoms with Gasteiger partial charge in [-0.15, -0.1) is 0 Å².